The standard InChI is InChI=1S/C9H11NO.C6H7N3O/c1-10(2)9-5-3-8(7-11)4-6-9;7-9-6(10)5-1-3-8-4-2-5/h3-7H,1-2H3;1-4H,7H2,(H,9,10). The quantitative estimate of drug-likeness (QED) is 0.384. The third-order valence-electron chi connectivity index (χ3n) is 2.62. The summed E-state index contributed by atoms with van der Waals surface area (Å²) in [5.41, 5.74) is 4.35. The molecule has 0 aliphatic heterocycles. The van der Waals surface area contributed by atoms with Crippen LogP contribution in [0.5, 0.6) is 0 Å². The number of rotatable bonds is 3. The van der Waals surface area contributed by atoms with Crippen molar-refractivity contribution in [3.8, 4) is 0 Å². The van der Waals surface area contributed by atoms with Crippen LogP contribution in [0.15, 0.2) is 48.8 Å². The number of benzene rings is 1. The van der Waals surface area contributed by atoms with Crippen molar-refractivity contribution in [2.24, 2.45) is 5.84 Å². The van der Waals surface area contributed by atoms with E-state index in [4.69, 9.17) is 5.84 Å². The molecule has 0 aliphatic carbocycles. The smallest absolute Gasteiger partial charge is 0.265 e. The number of anilines is 1. The number of carbonyl (C=O) groups excluding carboxylic acids is 2. The van der Waals surface area contributed by atoms with Gasteiger partial charge in [0.05, 0.1) is 0 Å². The van der Waals surface area contributed by atoms with Crippen LogP contribution in [-0.2, 0) is 0 Å². The highest BCUT2D eigenvalue weighted by Crippen LogP contribution is 2.10. The van der Waals surface area contributed by atoms with Gasteiger partial charge in [-0.25, -0.2) is 5.84 Å². The Bertz CT molecular complexity index is 568. The molecule has 2 rings (SSSR count). The third kappa shape index (κ3) is 5.42. The maximum absolute atomic E-state index is 10.7. The number of pyridine rings is 1. The summed E-state index contributed by atoms with van der Waals surface area (Å²) >= 11 is 0. The van der Waals surface area contributed by atoms with Gasteiger partial charge in [0.25, 0.3) is 5.91 Å². The molecule has 21 heavy (non-hydrogen) atoms. The molecule has 1 amide bonds. The fourth-order valence-electron chi connectivity index (χ4n) is 1.44. The first-order valence-corrected chi connectivity index (χ1v) is 6.22. The highest BCUT2D eigenvalue weighted by atomic mass is 16.2. The van der Waals surface area contributed by atoms with E-state index in [9.17, 15) is 9.59 Å². The predicted molar refractivity (Wildman–Crippen MR) is 82.0 cm³/mol. The maximum atomic E-state index is 10.7. The Balaban J connectivity index is 0.000000211. The maximum Gasteiger partial charge on any atom is 0.265 e. The minimum absolute atomic E-state index is 0.303. The van der Waals surface area contributed by atoms with Crippen molar-refractivity contribution in [2.45, 2.75) is 0 Å². The molecule has 2 aromatic rings. The lowest BCUT2D eigenvalue weighted by atomic mass is 10.2. The molecule has 110 valence electrons. The molecule has 3 N–H and O–H groups in total. The monoisotopic (exact) mass is 286 g/mol. The van der Waals surface area contributed by atoms with E-state index in [1.165, 1.54) is 12.4 Å². The molecular weight excluding hydrogens is 268 g/mol. The summed E-state index contributed by atoms with van der Waals surface area (Å²) in [6.07, 6.45) is 3.91. The van der Waals surface area contributed by atoms with Crippen LogP contribution in [0.3, 0.4) is 0 Å². The Kier molecular flexibility index (Phi) is 6.56. The van der Waals surface area contributed by atoms with Crippen molar-refractivity contribution < 1.29 is 9.59 Å². The first kappa shape index (κ1) is 16.3. The van der Waals surface area contributed by atoms with Gasteiger partial charge in [0, 0.05) is 43.3 Å². The van der Waals surface area contributed by atoms with Crippen LogP contribution in [0.25, 0.3) is 0 Å². The van der Waals surface area contributed by atoms with Gasteiger partial charge in [0.2, 0.25) is 0 Å². The number of aromatic nitrogens is 1. The normalized spacial score (nSPS) is 9.10. The van der Waals surface area contributed by atoms with Gasteiger partial charge in [-0.05, 0) is 36.4 Å². The van der Waals surface area contributed by atoms with Gasteiger partial charge < -0.3 is 4.90 Å². The molecule has 6 nitrogen and oxygen atoms in total. The number of nitrogens with zero attached hydrogens (tertiary/aromatic N) is 2. The number of nitrogens with two attached hydrogens (primary N) is 1. The van der Waals surface area contributed by atoms with E-state index < -0.39 is 0 Å². The van der Waals surface area contributed by atoms with E-state index in [0.717, 1.165) is 17.5 Å². The predicted octanol–water partition coefficient (Wildman–Crippen LogP) is 1.25. The largest absolute Gasteiger partial charge is 0.378 e. The zero-order valence-electron chi connectivity index (χ0n) is 12.0. The van der Waals surface area contributed by atoms with E-state index >= 15 is 0 Å². The molecule has 0 bridgehead atoms. The van der Waals surface area contributed by atoms with E-state index in [0.29, 0.717) is 5.56 Å². The minimum atomic E-state index is -0.303. The molecule has 1 heterocycles. The van der Waals surface area contributed by atoms with Crippen LogP contribution in [0.2, 0.25) is 0 Å². The Morgan fingerprint density at radius 2 is 1.71 bits per heavy atom. The molecule has 1 aromatic heterocycles. The van der Waals surface area contributed by atoms with Gasteiger partial charge >= 0.3 is 0 Å². The number of hydrogen-bond donors (Lipinski definition) is 2. The second kappa shape index (κ2) is 8.44. The number of aldehydes is 1. The number of nitrogen functional groups attached to an aromatic ring is 1. The molecule has 6 heteroatoms. The lowest BCUT2D eigenvalue weighted by Gasteiger charge is -2.11. The summed E-state index contributed by atoms with van der Waals surface area (Å²) in [4.78, 5) is 26.8. The Labute approximate surface area is 123 Å². The first-order valence-electron chi connectivity index (χ1n) is 6.22. The summed E-state index contributed by atoms with van der Waals surface area (Å²) < 4.78 is 0. The van der Waals surface area contributed by atoms with Crippen molar-refractivity contribution in [3.05, 3.63) is 59.9 Å². The third-order valence-corrected chi connectivity index (χ3v) is 2.62. The molecule has 0 radical (unpaired) electrons. The zero-order valence-corrected chi connectivity index (χ0v) is 12.0. The van der Waals surface area contributed by atoms with Crippen molar-refractivity contribution in [1.29, 1.82) is 0 Å². The van der Waals surface area contributed by atoms with Gasteiger partial charge in [-0.2, -0.15) is 0 Å². The van der Waals surface area contributed by atoms with E-state index in [1.807, 2.05) is 48.7 Å². The second-order valence-corrected chi connectivity index (χ2v) is 4.31. The highest BCUT2D eigenvalue weighted by Gasteiger charge is 1.99. The average molecular weight is 286 g/mol. The molecule has 0 aliphatic rings. The average Bonchev–Trinajstić information content (AvgIpc) is 2.55. The molecule has 0 spiro atoms. The summed E-state index contributed by atoms with van der Waals surface area (Å²) in [5, 5.41) is 0. The summed E-state index contributed by atoms with van der Waals surface area (Å²) in [6.45, 7) is 0. The van der Waals surface area contributed by atoms with Crippen LogP contribution in [-0.4, -0.2) is 31.3 Å². The molecule has 0 saturated carbocycles. The number of hydrazine groups is 1. The van der Waals surface area contributed by atoms with Crippen LogP contribution >= 0.6 is 0 Å². The fraction of sp³-hybridized carbons (Fsp3) is 0.133. The number of hydrogen-bond acceptors (Lipinski definition) is 5. The van der Waals surface area contributed by atoms with E-state index in [1.54, 1.807) is 12.1 Å². The summed E-state index contributed by atoms with van der Waals surface area (Å²) in [6, 6.07) is 10.6. The van der Waals surface area contributed by atoms with Crippen LogP contribution < -0.4 is 16.2 Å². The van der Waals surface area contributed by atoms with Crippen molar-refractivity contribution in [3.63, 3.8) is 0 Å². The Morgan fingerprint density at radius 3 is 2.14 bits per heavy atom. The van der Waals surface area contributed by atoms with Gasteiger partial charge in [-0.3, -0.25) is 20.0 Å². The number of nitrogens with one attached hydrogen (secondary N) is 1. The van der Waals surface area contributed by atoms with Gasteiger partial charge in [0.1, 0.15) is 6.29 Å². The molecule has 0 unspecified atom stereocenters. The minimum Gasteiger partial charge on any atom is -0.378 e. The Morgan fingerprint density at radius 1 is 1.14 bits per heavy atom. The Hall–Kier alpha value is -2.73. The molecular formula is C15H18N4O2. The van der Waals surface area contributed by atoms with Gasteiger partial charge in [-0.15, -0.1) is 0 Å². The van der Waals surface area contributed by atoms with Crippen LogP contribution in [0.1, 0.15) is 20.7 Å². The number of amides is 1. The second-order valence-electron chi connectivity index (χ2n) is 4.31. The number of carbonyl (C=O) groups is 2. The highest BCUT2D eigenvalue weighted by molar-refractivity contribution is 5.93. The lowest BCUT2D eigenvalue weighted by Crippen LogP contribution is -2.29. The topological polar surface area (TPSA) is 88.3 Å². The summed E-state index contributed by atoms with van der Waals surface area (Å²) in [7, 11) is 3.94. The summed E-state index contributed by atoms with van der Waals surface area (Å²) in [5.74, 6) is 4.58. The molecule has 0 fully saturated rings. The lowest BCUT2D eigenvalue weighted by molar-refractivity contribution is 0.0953. The fourth-order valence-corrected chi connectivity index (χ4v) is 1.44. The molecule has 0 saturated heterocycles. The van der Waals surface area contributed by atoms with Crippen molar-refractivity contribution in [2.75, 3.05) is 19.0 Å². The molecule has 0 atom stereocenters. The van der Waals surface area contributed by atoms with E-state index in [-0.39, 0.29) is 5.91 Å². The van der Waals surface area contributed by atoms with Gasteiger partial charge in [-0.1, -0.05) is 0 Å². The SMILES string of the molecule is CN(C)c1ccc(C=O)cc1.NNC(=O)c1ccncc1. The zero-order chi connectivity index (χ0) is 15.7. The van der Waals surface area contributed by atoms with Gasteiger partial charge in [0.15, 0.2) is 0 Å². The van der Waals surface area contributed by atoms with Crippen molar-refractivity contribution in [1.82, 2.24) is 10.4 Å². The molecule has 1 aromatic carbocycles. The first-order chi connectivity index (χ1) is 10.1. The van der Waals surface area contributed by atoms with Crippen molar-refractivity contribution >= 4 is 17.9 Å². The van der Waals surface area contributed by atoms with E-state index in [2.05, 4.69) is 4.98 Å². The van der Waals surface area contributed by atoms with Crippen LogP contribution in [0.4, 0.5) is 5.69 Å². The van der Waals surface area contributed by atoms with Crippen LogP contribution in [0, 0.1) is 0 Å².